The molecule has 0 atom stereocenters. The van der Waals surface area contributed by atoms with E-state index in [-0.39, 0.29) is 11.3 Å². The molecule has 132 valence electrons. The number of nitrogens with one attached hydrogen (secondary N) is 1. The van der Waals surface area contributed by atoms with E-state index >= 15 is 0 Å². The predicted molar refractivity (Wildman–Crippen MR) is 94.3 cm³/mol. The highest BCUT2D eigenvalue weighted by atomic mass is 16.3. The van der Waals surface area contributed by atoms with Gasteiger partial charge in [0.2, 0.25) is 0 Å². The summed E-state index contributed by atoms with van der Waals surface area (Å²) in [6, 6.07) is 10.1. The van der Waals surface area contributed by atoms with E-state index in [1.165, 1.54) is 0 Å². The lowest BCUT2D eigenvalue weighted by Gasteiger charge is -2.41. The van der Waals surface area contributed by atoms with Crippen LogP contribution >= 0.6 is 0 Å². The molecule has 0 aliphatic carbocycles. The summed E-state index contributed by atoms with van der Waals surface area (Å²) in [4.78, 5) is 14.6. The van der Waals surface area contributed by atoms with Crippen LogP contribution in [-0.2, 0) is 17.8 Å². The highest BCUT2D eigenvalue weighted by molar-refractivity contribution is 5.86. The molecule has 1 aromatic carbocycles. The van der Waals surface area contributed by atoms with Gasteiger partial charge in [0.05, 0.1) is 11.9 Å². The van der Waals surface area contributed by atoms with E-state index in [0.29, 0.717) is 26.2 Å². The minimum absolute atomic E-state index is 0.0962. The van der Waals surface area contributed by atoms with E-state index in [0.717, 1.165) is 23.4 Å². The first kappa shape index (κ1) is 16.3. The number of carbonyl (C=O) groups excluding carboxylic acids is 1. The molecule has 0 radical (unpaired) electrons. The Morgan fingerprint density at radius 2 is 1.96 bits per heavy atom. The maximum Gasteiger partial charge on any atom is 0.257 e. The number of aliphatic hydroxyl groups is 1. The number of carbonyl (C=O) groups is 1. The van der Waals surface area contributed by atoms with Crippen LogP contribution in [-0.4, -0.2) is 50.9 Å². The van der Waals surface area contributed by atoms with E-state index in [4.69, 9.17) is 0 Å². The minimum Gasteiger partial charge on any atom is -0.377 e. The van der Waals surface area contributed by atoms with Crippen LogP contribution in [0.5, 0.6) is 0 Å². The monoisotopic (exact) mass is 340 g/mol. The van der Waals surface area contributed by atoms with Gasteiger partial charge in [-0.05, 0) is 24.0 Å². The third-order valence-electron chi connectivity index (χ3n) is 5.10. The van der Waals surface area contributed by atoms with Gasteiger partial charge in [-0.2, -0.15) is 5.10 Å². The van der Waals surface area contributed by atoms with Crippen molar-refractivity contribution < 1.29 is 9.90 Å². The van der Waals surface area contributed by atoms with Gasteiger partial charge in [-0.1, -0.05) is 32.0 Å². The highest BCUT2D eigenvalue weighted by Gasteiger charge is 2.46. The fourth-order valence-electron chi connectivity index (χ4n) is 3.76. The number of hydrogen-bond donors (Lipinski definition) is 2. The first-order valence-corrected chi connectivity index (χ1v) is 8.72. The molecule has 2 aliphatic heterocycles. The number of aromatic nitrogens is 2. The van der Waals surface area contributed by atoms with E-state index < -0.39 is 5.60 Å². The molecule has 0 unspecified atom stereocenters. The van der Waals surface area contributed by atoms with E-state index in [2.05, 4.69) is 24.3 Å². The summed E-state index contributed by atoms with van der Waals surface area (Å²) < 4.78 is 1.98. The summed E-state index contributed by atoms with van der Waals surface area (Å²) in [5.41, 5.74) is 1.88. The van der Waals surface area contributed by atoms with Crippen LogP contribution in [0.3, 0.4) is 0 Å². The number of amides is 1. The number of hydrogen-bond acceptors (Lipinski definition) is 4. The zero-order chi connectivity index (χ0) is 17.7. The fourth-order valence-corrected chi connectivity index (χ4v) is 3.76. The van der Waals surface area contributed by atoms with Crippen molar-refractivity contribution in [3.8, 4) is 5.69 Å². The van der Waals surface area contributed by atoms with Crippen molar-refractivity contribution in [2.45, 2.75) is 32.4 Å². The molecular weight excluding hydrogens is 316 g/mol. The molecule has 2 aromatic rings. The van der Waals surface area contributed by atoms with Crippen molar-refractivity contribution in [1.29, 1.82) is 0 Å². The summed E-state index contributed by atoms with van der Waals surface area (Å²) in [5.74, 6) is -0.181. The molecular formula is C19H24N4O2. The van der Waals surface area contributed by atoms with Crippen LogP contribution < -0.4 is 5.32 Å². The zero-order valence-electron chi connectivity index (χ0n) is 14.7. The summed E-state index contributed by atoms with van der Waals surface area (Å²) in [7, 11) is 0. The highest BCUT2D eigenvalue weighted by Crippen LogP contribution is 2.32. The largest absolute Gasteiger partial charge is 0.377 e. The van der Waals surface area contributed by atoms with Crippen LogP contribution in [0.15, 0.2) is 36.5 Å². The summed E-state index contributed by atoms with van der Waals surface area (Å²) in [6.45, 7) is 6.10. The van der Waals surface area contributed by atoms with Gasteiger partial charge in [0.1, 0.15) is 0 Å². The van der Waals surface area contributed by atoms with E-state index in [1.807, 2.05) is 41.2 Å². The zero-order valence-corrected chi connectivity index (χ0v) is 14.7. The standard InChI is InChI=1S/C19H24N4O2/c1-18(2)8-16-14(9-21-23(16)15-6-4-3-5-7-15)10-22(13-18)17(24)19(25)11-20-12-19/h3-7,9,20,25H,8,10-13H2,1-2H3. The quantitative estimate of drug-likeness (QED) is 0.859. The molecule has 0 saturated carbocycles. The molecule has 2 N–H and O–H groups in total. The van der Waals surface area contributed by atoms with Crippen LogP contribution in [0.25, 0.3) is 5.69 Å². The molecule has 1 saturated heterocycles. The lowest BCUT2D eigenvalue weighted by molar-refractivity contribution is -0.158. The van der Waals surface area contributed by atoms with Crippen molar-refractivity contribution in [2.75, 3.05) is 19.6 Å². The maximum atomic E-state index is 12.8. The Labute approximate surface area is 147 Å². The summed E-state index contributed by atoms with van der Waals surface area (Å²) in [6.07, 6.45) is 2.69. The molecule has 2 aliphatic rings. The Morgan fingerprint density at radius 3 is 2.60 bits per heavy atom. The van der Waals surface area contributed by atoms with Crippen molar-refractivity contribution in [3.05, 3.63) is 47.8 Å². The van der Waals surface area contributed by atoms with Crippen LogP contribution in [0.1, 0.15) is 25.1 Å². The SMILES string of the molecule is CC1(C)Cc2c(cnn2-c2ccccc2)CN(C(=O)C2(O)CNC2)C1. The number of rotatable bonds is 2. The van der Waals surface area contributed by atoms with Gasteiger partial charge >= 0.3 is 0 Å². The van der Waals surface area contributed by atoms with Gasteiger partial charge in [-0.15, -0.1) is 0 Å². The van der Waals surface area contributed by atoms with Crippen molar-refractivity contribution in [1.82, 2.24) is 20.0 Å². The van der Waals surface area contributed by atoms with E-state index in [1.54, 1.807) is 4.90 Å². The van der Waals surface area contributed by atoms with Gasteiger partial charge in [0, 0.05) is 37.4 Å². The fraction of sp³-hybridized carbons (Fsp3) is 0.474. The average molecular weight is 340 g/mol. The van der Waals surface area contributed by atoms with Gasteiger partial charge in [0.25, 0.3) is 5.91 Å². The second-order valence-corrected chi connectivity index (χ2v) is 8.00. The number of β-amino-alcohol motifs (C(OH)–C–C–N with tert-alkyl or cyclic N) is 1. The Morgan fingerprint density at radius 1 is 1.24 bits per heavy atom. The van der Waals surface area contributed by atoms with Gasteiger partial charge in [-0.3, -0.25) is 4.79 Å². The maximum absolute atomic E-state index is 12.8. The Kier molecular flexibility index (Phi) is 3.70. The second kappa shape index (κ2) is 5.68. The molecule has 1 fully saturated rings. The van der Waals surface area contributed by atoms with E-state index in [9.17, 15) is 9.90 Å². The first-order chi connectivity index (χ1) is 11.9. The molecule has 0 spiro atoms. The average Bonchev–Trinajstić information content (AvgIpc) is 2.87. The van der Waals surface area contributed by atoms with Crippen molar-refractivity contribution in [3.63, 3.8) is 0 Å². The van der Waals surface area contributed by atoms with Gasteiger partial charge in [-0.25, -0.2) is 4.68 Å². The molecule has 0 bridgehead atoms. The number of benzene rings is 1. The number of nitrogens with zero attached hydrogens (tertiary/aromatic N) is 3. The Hall–Kier alpha value is -2.18. The Balaban J connectivity index is 1.70. The number of para-hydroxylation sites is 1. The van der Waals surface area contributed by atoms with Crippen molar-refractivity contribution >= 4 is 5.91 Å². The van der Waals surface area contributed by atoms with Crippen LogP contribution in [0.4, 0.5) is 0 Å². The van der Waals surface area contributed by atoms with Crippen LogP contribution in [0.2, 0.25) is 0 Å². The lowest BCUT2D eigenvalue weighted by Crippen LogP contribution is -2.68. The molecule has 3 heterocycles. The van der Waals surface area contributed by atoms with Gasteiger partial charge in [0.15, 0.2) is 5.60 Å². The predicted octanol–water partition coefficient (Wildman–Crippen LogP) is 1.12. The third kappa shape index (κ3) is 2.85. The van der Waals surface area contributed by atoms with Gasteiger partial charge < -0.3 is 15.3 Å². The molecule has 4 rings (SSSR count). The normalized spacial score (nSPS) is 21.2. The minimum atomic E-state index is -1.25. The van der Waals surface area contributed by atoms with Crippen molar-refractivity contribution in [2.24, 2.45) is 5.41 Å². The third-order valence-corrected chi connectivity index (χ3v) is 5.10. The number of fused-ring (bicyclic) bond motifs is 1. The summed E-state index contributed by atoms with van der Waals surface area (Å²) >= 11 is 0. The second-order valence-electron chi connectivity index (χ2n) is 8.00. The molecule has 6 heteroatoms. The first-order valence-electron chi connectivity index (χ1n) is 8.72. The summed E-state index contributed by atoms with van der Waals surface area (Å²) in [5, 5.41) is 18.0. The van der Waals surface area contributed by atoms with Crippen LogP contribution in [0, 0.1) is 5.41 Å². The topological polar surface area (TPSA) is 70.4 Å². The molecule has 1 aromatic heterocycles. The molecule has 6 nitrogen and oxygen atoms in total. The lowest BCUT2D eigenvalue weighted by atomic mass is 9.87. The molecule has 1 amide bonds. The Bertz CT molecular complexity index is 793. The smallest absolute Gasteiger partial charge is 0.257 e. The molecule has 25 heavy (non-hydrogen) atoms.